The molecule has 2 aromatic rings. The van der Waals surface area contributed by atoms with Crippen molar-refractivity contribution in [2.45, 2.75) is 18.9 Å². The molecule has 0 aliphatic heterocycles. The van der Waals surface area contributed by atoms with Crippen molar-refractivity contribution >= 4 is 11.6 Å². The van der Waals surface area contributed by atoms with Crippen LogP contribution in [0.1, 0.15) is 11.4 Å². The maximum atomic E-state index is 12.9. The lowest BCUT2D eigenvalue weighted by molar-refractivity contribution is 0.172. The van der Waals surface area contributed by atoms with Crippen LogP contribution in [0.5, 0.6) is 0 Å². The zero-order valence-electron chi connectivity index (χ0n) is 9.98. The van der Waals surface area contributed by atoms with Crippen LogP contribution in [0.15, 0.2) is 30.6 Å². The Hall–Kier alpha value is -1.39. The van der Waals surface area contributed by atoms with Gasteiger partial charge in [-0.15, -0.1) is 0 Å². The van der Waals surface area contributed by atoms with Crippen molar-refractivity contribution in [1.82, 2.24) is 9.55 Å². The van der Waals surface area contributed by atoms with Gasteiger partial charge in [-0.3, -0.25) is 0 Å². The first kappa shape index (κ1) is 13.1. The van der Waals surface area contributed by atoms with Gasteiger partial charge >= 0.3 is 0 Å². The molecule has 0 aliphatic carbocycles. The highest BCUT2D eigenvalue weighted by Gasteiger charge is 2.12. The molecule has 3 nitrogen and oxygen atoms in total. The van der Waals surface area contributed by atoms with Crippen LogP contribution < -0.4 is 0 Å². The Bertz CT molecular complexity index is 542. The Morgan fingerprint density at radius 1 is 1.44 bits per heavy atom. The highest BCUT2D eigenvalue weighted by Crippen LogP contribution is 2.19. The minimum Gasteiger partial charge on any atom is -0.392 e. The lowest BCUT2D eigenvalue weighted by Crippen LogP contribution is -2.16. The average Bonchev–Trinajstić information content (AvgIpc) is 2.69. The summed E-state index contributed by atoms with van der Waals surface area (Å²) in [6.45, 7) is 0. The van der Waals surface area contributed by atoms with E-state index in [9.17, 15) is 9.50 Å². The van der Waals surface area contributed by atoms with E-state index in [1.54, 1.807) is 12.3 Å². The van der Waals surface area contributed by atoms with E-state index >= 15 is 0 Å². The molecule has 0 aliphatic rings. The molecule has 0 spiro atoms. The van der Waals surface area contributed by atoms with E-state index in [2.05, 4.69) is 4.98 Å². The number of aromatic nitrogens is 2. The smallest absolute Gasteiger partial charge is 0.124 e. The zero-order chi connectivity index (χ0) is 13.1. The number of imidazole rings is 1. The molecule has 2 rings (SSSR count). The highest BCUT2D eigenvalue weighted by molar-refractivity contribution is 6.31. The van der Waals surface area contributed by atoms with Gasteiger partial charge in [0.15, 0.2) is 0 Å². The van der Waals surface area contributed by atoms with Gasteiger partial charge in [0, 0.05) is 37.3 Å². The Morgan fingerprint density at radius 2 is 2.22 bits per heavy atom. The fourth-order valence-electron chi connectivity index (χ4n) is 1.82. The summed E-state index contributed by atoms with van der Waals surface area (Å²) in [5, 5.41) is 10.3. The first-order valence-electron chi connectivity index (χ1n) is 5.64. The zero-order valence-corrected chi connectivity index (χ0v) is 10.7. The fourth-order valence-corrected chi connectivity index (χ4v) is 2.06. The predicted molar refractivity (Wildman–Crippen MR) is 68.0 cm³/mol. The molecule has 1 heterocycles. The van der Waals surface area contributed by atoms with E-state index in [0.29, 0.717) is 17.9 Å². The lowest BCUT2D eigenvalue weighted by atomic mass is 10.1. The molecular weight excluding hydrogens is 255 g/mol. The first-order valence-corrected chi connectivity index (χ1v) is 6.02. The van der Waals surface area contributed by atoms with Gasteiger partial charge in [-0.2, -0.15) is 0 Å². The molecule has 1 unspecified atom stereocenters. The summed E-state index contributed by atoms with van der Waals surface area (Å²) in [7, 11) is 1.87. The van der Waals surface area contributed by atoms with E-state index in [-0.39, 0.29) is 5.82 Å². The highest BCUT2D eigenvalue weighted by atomic mass is 35.5. The minimum atomic E-state index is -0.589. The van der Waals surface area contributed by atoms with Gasteiger partial charge in [-0.1, -0.05) is 17.7 Å². The van der Waals surface area contributed by atoms with E-state index in [1.807, 2.05) is 17.8 Å². The largest absolute Gasteiger partial charge is 0.392 e. The SMILES string of the molecule is Cn1ccnc1CC(O)Cc1ccc(F)cc1Cl. The van der Waals surface area contributed by atoms with Crippen LogP contribution in [0, 0.1) is 5.82 Å². The van der Waals surface area contributed by atoms with Crippen LogP contribution >= 0.6 is 11.6 Å². The molecule has 0 amide bonds. The topological polar surface area (TPSA) is 38.0 Å². The van der Waals surface area contributed by atoms with Crippen molar-refractivity contribution in [3.63, 3.8) is 0 Å². The first-order chi connectivity index (χ1) is 8.56. The number of rotatable bonds is 4. The van der Waals surface area contributed by atoms with Gasteiger partial charge in [0.25, 0.3) is 0 Å². The summed E-state index contributed by atoms with van der Waals surface area (Å²) in [4.78, 5) is 4.14. The Labute approximate surface area is 110 Å². The number of halogens is 2. The number of aliphatic hydroxyl groups excluding tert-OH is 1. The van der Waals surface area contributed by atoms with Gasteiger partial charge < -0.3 is 9.67 Å². The van der Waals surface area contributed by atoms with Crippen molar-refractivity contribution in [3.8, 4) is 0 Å². The van der Waals surface area contributed by atoms with Crippen molar-refractivity contribution in [1.29, 1.82) is 0 Å². The van der Waals surface area contributed by atoms with Crippen molar-refractivity contribution in [2.75, 3.05) is 0 Å². The van der Waals surface area contributed by atoms with E-state index in [0.717, 1.165) is 11.4 Å². The Morgan fingerprint density at radius 3 is 2.83 bits per heavy atom. The molecule has 1 N–H and O–H groups in total. The molecule has 1 aromatic carbocycles. The summed E-state index contributed by atoms with van der Waals surface area (Å²) < 4.78 is 14.7. The third kappa shape index (κ3) is 3.09. The van der Waals surface area contributed by atoms with Gasteiger partial charge in [0.05, 0.1) is 6.10 Å². The quantitative estimate of drug-likeness (QED) is 0.924. The fraction of sp³-hybridized carbons (Fsp3) is 0.308. The summed E-state index contributed by atoms with van der Waals surface area (Å²) in [5.74, 6) is 0.433. The maximum Gasteiger partial charge on any atom is 0.124 e. The van der Waals surface area contributed by atoms with Crippen LogP contribution in [0.3, 0.4) is 0 Å². The summed E-state index contributed by atoms with van der Waals surface area (Å²) in [5.41, 5.74) is 0.736. The standard InChI is InChI=1S/C13H14ClFN2O/c1-17-5-4-16-13(17)8-11(18)6-9-2-3-10(15)7-12(9)14/h2-5,7,11,18H,6,8H2,1H3. The molecule has 0 saturated heterocycles. The number of nitrogens with zero attached hydrogens (tertiary/aromatic N) is 2. The number of aryl methyl sites for hydroxylation is 1. The molecule has 0 bridgehead atoms. The predicted octanol–water partition coefficient (Wildman–Crippen LogP) is 2.36. The second-order valence-corrected chi connectivity index (χ2v) is 4.66. The molecule has 0 saturated carbocycles. The van der Waals surface area contributed by atoms with E-state index in [4.69, 9.17) is 11.6 Å². The summed E-state index contributed by atoms with van der Waals surface area (Å²) in [6.07, 6.45) is 3.75. The van der Waals surface area contributed by atoms with Crippen LogP contribution in [0.25, 0.3) is 0 Å². The number of benzene rings is 1. The number of hydrogen-bond acceptors (Lipinski definition) is 2. The molecular formula is C13H14ClFN2O. The summed E-state index contributed by atoms with van der Waals surface area (Å²) >= 11 is 5.91. The van der Waals surface area contributed by atoms with Gasteiger partial charge in [-0.25, -0.2) is 9.37 Å². The molecule has 0 radical (unpaired) electrons. The number of hydrogen-bond donors (Lipinski definition) is 1. The molecule has 1 aromatic heterocycles. The second kappa shape index (κ2) is 5.50. The molecule has 1 atom stereocenters. The third-order valence-electron chi connectivity index (χ3n) is 2.81. The van der Waals surface area contributed by atoms with Gasteiger partial charge in [0.1, 0.15) is 11.6 Å². The molecule has 0 fully saturated rings. The maximum absolute atomic E-state index is 12.9. The van der Waals surface area contributed by atoms with E-state index < -0.39 is 6.10 Å². The molecule has 18 heavy (non-hydrogen) atoms. The normalized spacial score (nSPS) is 12.7. The van der Waals surface area contributed by atoms with Crippen molar-refractivity contribution in [3.05, 3.63) is 52.8 Å². The Balaban J connectivity index is 2.03. The molecule has 96 valence electrons. The van der Waals surface area contributed by atoms with Crippen LogP contribution in [-0.4, -0.2) is 20.8 Å². The van der Waals surface area contributed by atoms with Crippen LogP contribution in [0.4, 0.5) is 4.39 Å². The van der Waals surface area contributed by atoms with Crippen LogP contribution in [-0.2, 0) is 19.9 Å². The number of aliphatic hydroxyl groups is 1. The van der Waals surface area contributed by atoms with Crippen molar-refractivity contribution < 1.29 is 9.50 Å². The Kier molecular flexibility index (Phi) is 3.99. The monoisotopic (exact) mass is 268 g/mol. The van der Waals surface area contributed by atoms with Crippen molar-refractivity contribution in [2.24, 2.45) is 7.05 Å². The van der Waals surface area contributed by atoms with Gasteiger partial charge in [0.2, 0.25) is 0 Å². The minimum absolute atomic E-state index is 0.342. The lowest BCUT2D eigenvalue weighted by Gasteiger charge is -2.11. The second-order valence-electron chi connectivity index (χ2n) is 4.25. The third-order valence-corrected chi connectivity index (χ3v) is 3.16. The van der Waals surface area contributed by atoms with Crippen LogP contribution in [0.2, 0.25) is 5.02 Å². The summed E-state index contributed by atoms with van der Waals surface area (Å²) in [6, 6.07) is 4.19. The average molecular weight is 269 g/mol. The molecule has 5 heteroatoms. The van der Waals surface area contributed by atoms with E-state index in [1.165, 1.54) is 12.1 Å². The van der Waals surface area contributed by atoms with Gasteiger partial charge in [-0.05, 0) is 17.7 Å².